The van der Waals surface area contributed by atoms with Crippen LogP contribution < -0.4 is 5.32 Å². The maximum absolute atomic E-state index is 6.13. The first-order valence-electron chi connectivity index (χ1n) is 5.51. The van der Waals surface area contributed by atoms with E-state index >= 15 is 0 Å². The van der Waals surface area contributed by atoms with E-state index < -0.39 is 0 Å². The summed E-state index contributed by atoms with van der Waals surface area (Å²) >= 11 is 11.8. The van der Waals surface area contributed by atoms with Gasteiger partial charge in [-0.15, -0.1) is 11.6 Å². The minimum atomic E-state index is 0.591. The molecule has 16 heavy (non-hydrogen) atoms. The number of halogens is 2. The SMILES string of the molecule is Cc1nn(C)c(Cl)c1CNCC(C)CCCl. The van der Waals surface area contributed by atoms with Gasteiger partial charge in [-0.3, -0.25) is 4.68 Å². The van der Waals surface area contributed by atoms with Crippen LogP contribution in [0.3, 0.4) is 0 Å². The summed E-state index contributed by atoms with van der Waals surface area (Å²) in [5, 5.41) is 8.37. The molecule has 0 saturated carbocycles. The number of nitrogens with one attached hydrogen (secondary N) is 1. The third kappa shape index (κ3) is 3.65. The largest absolute Gasteiger partial charge is 0.312 e. The lowest BCUT2D eigenvalue weighted by molar-refractivity contribution is 0.501. The molecule has 92 valence electrons. The van der Waals surface area contributed by atoms with Crippen molar-refractivity contribution in [3.05, 3.63) is 16.4 Å². The van der Waals surface area contributed by atoms with Gasteiger partial charge in [0.2, 0.25) is 0 Å². The lowest BCUT2D eigenvalue weighted by Gasteiger charge is -2.10. The van der Waals surface area contributed by atoms with Crippen molar-refractivity contribution in [2.75, 3.05) is 12.4 Å². The fourth-order valence-corrected chi connectivity index (χ4v) is 2.22. The van der Waals surface area contributed by atoms with Crippen LogP contribution in [-0.2, 0) is 13.6 Å². The van der Waals surface area contributed by atoms with Gasteiger partial charge in [0.25, 0.3) is 0 Å². The zero-order valence-corrected chi connectivity index (χ0v) is 11.6. The molecule has 5 heteroatoms. The van der Waals surface area contributed by atoms with Crippen molar-refractivity contribution in [3.63, 3.8) is 0 Å². The van der Waals surface area contributed by atoms with Crippen LogP contribution in [-0.4, -0.2) is 22.2 Å². The third-order valence-corrected chi connectivity index (χ3v) is 3.36. The van der Waals surface area contributed by atoms with Crippen LogP contribution in [0.15, 0.2) is 0 Å². The van der Waals surface area contributed by atoms with Gasteiger partial charge in [-0.25, -0.2) is 0 Å². The number of hydrogen-bond acceptors (Lipinski definition) is 2. The number of alkyl halides is 1. The molecule has 0 amide bonds. The lowest BCUT2D eigenvalue weighted by Crippen LogP contribution is -2.21. The van der Waals surface area contributed by atoms with Gasteiger partial charge in [0.15, 0.2) is 0 Å². The van der Waals surface area contributed by atoms with Gasteiger partial charge in [0.1, 0.15) is 5.15 Å². The van der Waals surface area contributed by atoms with Crippen molar-refractivity contribution in [1.82, 2.24) is 15.1 Å². The van der Waals surface area contributed by atoms with E-state index in [1.807, 2.05) is 14.0 Å². The van der Waals surface area contributed by atoms with Crippen molar-refractivity contribution in [1.29, 1.82) is 0 Å². The first-order chi connectivity index (χ1) is 7.56. The Morgan fingerprint density at radius 1 is 1.50 bits per heavy atom. The lowest BCUT2D eigenvalue weighted by atomic mass is 10.1. The Bertz CT molecular complexity index is 336. The molecule has 0 saturated heterocycles. The molecular formula is C11H19Cl2N3. The molecule has 0 spiro atoms. The standard InChI is InChI=1S/C11H19Cl2N3/c1-8(4-5-12)6-14-7-10-9(2)15-16(3)11(10)13/h8,14H,4-7H2,1-3H3. The normalized spacial score (nSPS) is 13.1. The Morgan fingerprint density at radius 3 is 2.69 bits per heavy atom. The van der Waals surface area contributed by atoms with Crippen molar-refractivity contribution < 1.29 is 0 Å². The first kappa shape index (κ1) is 13.8. The third-order valence-electron chi connectivity index (χ3n) is 2.67. The molecule has 0 aromatic carbocycles. The summed E-state index contributed by atoms with van der Waals surface area (Å²) in [6, 6.07) is 0. The van der Waals surface area contributed by atoms with Gasteiger partial charge >= 0.3 is 0 Å². The van der Waals surface area contributed by atoms with E-state index in [2.05, 4.69) is 17.3 Å². The van der Waals surface area contributed by atoms with E-state index in [1.54, 1.807) is 4.68 Å². The topological polar surface area (TPSA) is 29.9 Å². The average Bonchev–Trinajstić information content (AvgIpc) is 2.45. The molecule has 1 heterocycles. The summed E-state index contributed by atoms with van der Waals surface area (Å²) in [7, 11) is 1.86. The first-order valence-corrected chi connectivity index (χ1v) is 6.42. The second-order valence-electron chi connectivity index (χ2n) is 4.19. The average molecular weight is 264 g/mol. The molecule has 1 N–H and O–H groups in total. The van der Waals surface area contributed by atoms with E-state index in [0.717, 1.165) is 41.8 Å². The highest BCUT2D eigenvalue weighted by atomic mass is 35.5. The number of aryl methyl sites for hydroxylation is 2. The van der Waals surface area contributed by atoms with Crippen LogP contribution >= 0.6 is 23.2 Å². The molecule has 1 aromatic heterocycles. The van der Waals surface area contributed by atoms with Gasteiger partial charge in [-0.2, -0.15) is 5.10 Å². The fourth-order valence-electron chi connectivity index (χ4n) is 1.61. The number of nitrogens with zero attached hydrogens (tertiary/aromatic N) is 2. The smallest absolute Gasteiger partial charge is 0.131 e. The van der Waals surface area contributed by atoms with Crippen molar-refractivity contribution >= 4 is 23.2 Å². The summed E-state index contributed by atoms with van der Waals surface area (Å²) < 4.78 is 1.70. The molecule has 1 atom stereocenters. The zero-order chi connectivity index (χ0) is 12.1. The Labute approximate surface area is 107 Å². The summed E-state index contributed by atoms with van der Waals surface area (Å²) in [5.41, 5.74) is 2.08. The second-order valence-corrected chi connectivity index (χ2v) is 4.93. The molecule has 3 nitrogen and oxygen atoms in total. The highest BCUT2D eigenvalue weighted by Crippen LogP contribution is 2.18. The summed E-state index contributed by atoms with van der Waals surface area (Å²) in [6.07, 6.45) is 1.04. The number of rotatable bonds is 6. The van der Waals surface area contributed by atoms with E-state index in [0.29, 0.717) is 5.92 Å². The molecule has 0 aliphatic heterocycles. The van der Waals surface area contributed by atoms with Crippen molar-refractivity contribution in [2.45, 2.75) is 26.8 Å². The molecule has 1 aromatic rings. The Balaban J connectivity index is 2.43. The minimum absolute atomic E-state index is 0.591. The van der Waals surface area contributed by atoms with Crippen LogP contribution in [0.4, 0.5) is 0 Å². The minimum Gasteiger partial charge on any atom is -0.312 e. The molecule has 0 fully saturated rings. The Morgan fingerprint density at radius 2 is 2.19 bits per heavy atom. The Hall–Kier alpha value is -0.250. The molecule has 1 unspecified atom stereocenters. The fraction of sp³-hybridized carbons (Fsp3) is 0.727. The van der Waals surface area contributed by atoms with Gasteiger partial charge in [-0.1, -0.05) is 18.5 Å². The highest BCUT2D eigenvalue weighted by molar-refractivity contribution is 6.30. The van der Waals surface area contributed by atoms with E-state index in [9.17, 15) is 0 Å². The van der Waals surface area contributed by atoms with Gasteiger partial charge in [-0.05, 0) is 25.8 Å². The van der Waals surface area contributed by atoms with Crippen LogP contribution in [0.2, 0.25) is 5.15 Å². The predicted octanol–water partition coefficient (Wildman–Crippen LogP) is 2.74. The number of aromatic nitrogens is 2. The Kier molecular flexibility index (Phi) is 5.59. The quantitative estimate of drug-likeness (QED) is 0.801. The van der Waals surface area contributed by atoms with Gasteiger partial charge < -0.3 is 5.32 Å². The van der Waals surface area contributed by atoms with Crippen LogP contribution in [0, 0.1) is 12.8 Å². The number of hydrogen-bond donors (Lipinski definition) is 1. The summed E-state index contributed by atoms with van der Waals surface area (Å²) in [6.45, 7) is 5.89. The monoisotopic (exact) mass is 263 g/mol. The van der Waals surface area contributed by atoms with E-state index in [4.69, 9.17) is 23.2 Å². The van der Waals surface area contributed by atoms with E-state index in [-0.39, 0.29) is 0 Å². The second kappa shape index (κ2) is 6.48. The predicted molar refractivity (Wildman–Crippen MR) is 69.2 cm³/mol. The summed E-state index contributed by atoms with van der Waals surface area (Å²) in [4.78, 5) is 0. The molecule has 0 aliphatic rings. The van der Waals surface area contributed by atoms with Gasteiger partial charge in [0.05, 0.1) is 5.69 Å². The van der Waals surface area contributed by atoms with E-state index in [1.165, 1.54) is 0 Å². The summed E-state index contributed by atoms with van der Waals surface area (Å²) in [5.74, 6) is 1.31. The molecule has 0 bridgehead atoms. The van der Waals surface area contributed by atoms with Crippen molar-refractivity contribution in [2.24, 2.45) is 13.0 Å². The molecule has 0 aliphatic carbocycles. The maximum Gasteiger partial charge on any atom is 0.131 e. The zero-order valence-electron chi connectivity index (χ0n) is 10.1. The maximum atomic E-state index is 6.13. The van der Waals surface area contributed by atoms with Crippen molar-refractivity contribution in [3.8, 4) is 0 Å². The molecule has 0 radical (unpaired) electrons. The molecule has 1 rings (SSSR count). The van der Waals surface area contributed by atoms with Crippen LogP contribution in [0.5, 0.6) is 0 Å². The highest BCUT2D eigenvalue weighted by Gasteiger charge is 2.10. The molecular weight excluding hydrogens is 245 g/mol. The van der Waals surface area contributed by atoms with Gasteiger partial charge in [0, 0.05) is 25.0 Å². The van der Waals surface area contributed by atoms with Crippen LogP contribution in [0.25, 0.3) is 0 Å². The van der Waals surface area contributed by atoms with Crippen LogP contribution in [0.1, 0.15) is 24.6 Å².